The summed E-state index contributed by atoms with van der Waals surface area (Å²) in [5.74, 6) is 0.432. The summed E-state index contributed by atoms with van der Waals surface area (Å²) in [7, 11) is 0. The second kappa shape index (κ2) is 11.2. The predicted molar refractivity (Wildman–Crippen MR) is 131 cm³/mol. The highest BCUT2D eigenvalue weighted by molar-refractivity contribution is 5.70. The molecule has 2 atom stereocenters. The van der Waals surface area contributed by atoms with Crippen molar-refractivity contribution in [3.63, 3.8) is 0 Å². The predicted octanol–water partition coefficient (Wildman–Crippen LogP) is 4.95. The maximum atomic E-state index is 9.58. The Morgan fingerprint density at radius 1 is 1.16 bits per heavy atom. The zero-order valence-electron chi connectivity index (χ0n) is 18.0. The first kappa shape index (κ1) is 22.4. The van der Waals surface area contributed by atoms with E-state index in [4.69, 9.17) is 5.73 Å². The van der Waals surface area contributed by atoms with Gasteiger partial charge >= 0.3 is 0 Å². The van der Waals surface area contributed by atoms with E-state index in [-0.39, 0.29) is 5.92 Å². The van der Waals surface area contributed by atoms with E-state index in [2.05, 4.69) is 47.0 Å². The van der Waals surface area contributed by atoms with Gasteiger partial charge in [-0.25, -0.2) is 6.21 Å². The molecule has 31 heavy (non-hydrogen) atoms. The van der Waals surface area contributed by atoms with Crippen molar-refractivity contribution in [1.29, 1.82) is 0 Å². The fraction of sp³-hybridized carbons (Fsp3) is 0.269. The van der Waals surface area contributed by atoms with Crippen molar-refractivity contribution in [2.24, 2.45) is 5.92 Å². The van der Waals surface area contributed by atoms with Crippen LogP contribution >= 0.6 is 0 Å². The van der Waals surface area contributed by atoms with Gasteiger partial charge in [0, 0.05) is 24.5 Å². The molecule has 0 aliphatic rings. The molecule has 0 amide bonds. The second-order valence-corrected chi connectivity index (χ2v) is 7.94. The number of rotatable bonds is 11. The number of aryl methyl sites for hydroxylation is 1. The van der Waals surface area contributed by atoms with Crippen LogP contribution in [0.15, 0.2) is 67.6 Å². The monoisotopic (exact) mass is 412 g/mol. The van der Waals surface area contributed by atoms with Gasteiger partial charge in [0.25, 0.3) is 0 Å². The summed E-state index contributed by atoms with van der Waals surface area (Å²) in [6.45, 7) is 7.77. The summed E-state index contributed by atoms with van der Waals surface area (Å²) in [4.78, 5) is 8.57. The summed E-state index contributed by atoms with van der Waals surface area (Å²) in [6, 6.07) is 14.1. The number of benzene rings is 1. The van der Waals surface area contributed by atoms with E-state index < -0.39 is 0 Å². The van der Waals surface area contributed by atoms with Crippen molar-refractivity contribution in [2.75, 3.05) is 18.8 Å². The van der Waals surface area contributed by atoms with E-state index in [1.807, 2.05) is 30.3 Å². The molecule has 0 bridgehead atoms. The van der Waals surface area contributed by atoms with Gasteiger partial charge in [0.2, 0.25) is 0 Å². The molecule has 5 nitrogen and oxygen atoms in total. The summed E-state index contributed by atoms with van der Waals surface area (Å²) in [6.07, 6.45) is 10.4. The minimum Gasteiger partial charge on any atom is -0.814 e. The first-order chi connectivity index (χ1) is 15.1. The third kappa shape index (κ3) is 6.33. The summed E-state index contributed by atoms with van der Waals surface area (Å²) in [5.41, 5.74) is 11.9. The molecule has 0 saturated carbocycles. The van der Waals surface area contributed by atoms with Crippen molar-refractivity contribution in [3.8, 4) is 11.3 Å². The first-order valence-electron chi connectivity index (χ1n) is 10.7. The van der Waals surface area contributed by atoms with Crippen molar-refractivity contribution < 1.29 is 0 Å². The molecule has 1 aromatic carbocycles. The van der Waals surface area contributed by atoms with Crippen LogP contribution in [0, 0.1) is 5.92 Å². The van der Waals surface area contributed by atoms with Crippen LogP contribution in [-0.4, -0.2) is 29.3 Å². The van der Waals surface area contributed by atoms with Crippen LogP contribution in [-0.2, 0) is 6.42 Å². The molecule has 3 aromatic rings. The molecule has 0 aliphatic heterocycles. The molecule has 3 rings (SSSR count). The van der Waals surface area contributed by atoms with E-state index in [0.717, 1.165) is 41.8 Å². The smallest absolute Gasteiger partial charge is 0.0703 e. The minimum atomic E-state index is -0.0580. The van der Waals surface area contributed by atoms with E-state index in [9.17, 15) is 5.41 Å². The maximum Gasteiger partial charge on any atom is 0.0703 e. The van der Waals surface area contributed by atoms with Gasteiger partial charge in [-0.3, -0.25) is 9.97 Å². The van der Waals surface area contributed by atoms with Crippen LogP contribution in [0.25, 0.3) is 22.7 Å². The quantitative estimate of drug-likeness (QED) is 0.436. The molecule has 0 spiro atoms. The molecule has 2 heterocycles. The van der Waals surface area contributed by atoms with Crippen molar-refractivity contribution in [2.45, 2.75) is 25.7 Å². The fourth-order valence-electron chi connectivity index (χ4n) is 3.60. The molecule has 0 radical (unpaired) electrons. The molecule has 0 fully saturated rings. The highest BCUT2D eigenvalue weighted by Crippen LogP contribution is 2.24. The van der Waals surface area contributed by atoms with Crippen LogP contribution in [0.2, 0.25) is 0 Å². The van der Waals surface area contributed by atoms with Gasteiger partial charge in [0.05, 0.1) is 17.6 Å². The number of nitrogens with one attached hydrogen (secondary N) is 1. The molecule has 5 heteroatoms. The summed E-state index contributed by atoms with van der Waals surface area (Å²) < 4.78 is 0. The lowest BCUT2D eigenvalue weighted by Gasteiger charge is -2.19. The number of aromatic nitrogens is 2. The van der Waals surface area contributed by atoms with Gasteiger partial charge in [-0.05, 0) is 72.2 Å². The molecular formula is C26H30N5-. The van der Waals surface area contributed by atoms with E-state index in [1.165, 1.54) is 11.8 Å². The molecule has 0 saturated heterocycles. The van der Waals surface area contributed by atoms with Crippen molar-refractivity contribution in [1.82, 2.24) is 15.3 Å². The van der Waals surface area contributed by atoms with Crippen molar-refractivity contribution >= 4 is 18.0 Å². The number of pyridine rings is 2. The van der Waals surface area contributed by atoms with Crippen LogP contribution in [0.5, 0.6) is 0 Å². The lowest BCUT2D eigenvalue weighted by molar-refractivity contribution is 0.480. The van der Waals surface area contributed by atoms with Gasteiger partial charge in [0.15, 0.2) is 0 Å². The van der Waals surface area contributed by atoms with Gasteiger partial charge in [-0.1, -0.05) is 37.8 Å². The third-order valence-electron chi connectivity index (χ3n) is 5.50. The average Bonchev–Trinajstić information content (AvgIpc) is 2.81. The first-order valence-corrected chi connectivity index (χ1v) is 10.7. The van der Waals surface area contributed by atoms with Crippen LogP contribution in [0.1, 0.15) is 36.0 Å². The van der Waals surface area contributed by atoms with Gasteiger partial charge in [-0.2, -0.15) is 0 Å². The van der Waals surface area contributed by atoms with Crippen molar-refractivity contribution in [3.05, 3.63) is 89.7 Å². The topological polar surface area (TPSA) is 86.1 Å². The van der Waals surface area contributed by atoms with E-state index >= 15 is 0 Å². The zero-order chi connectivity index (χ0) is 22.1. The number of nitrogens with zero attached hydrogens (tertiary/aromatic N) is 3. The Morgan fingerprint density at radius 2 is 2.03 bits per heavy atom. The zero-order valence-corrected chi connectivity index (χ0v) is 18.0. The molecule has 160 valence electrons. The number of hydrogen-bond donors (Lipinski definition) is 2. The Morgan fingerprint density at radius 3 is 2.71 bits per heavy atom. The number of hydrogen-bond acceptors (Lipinski definition) is 4. The third-order valence-corrected chi connectivity index (χ3v) is 5.50. The second-order valence-electron chi connectivity index (χ2n) is 7.94. The molecule has 0 aliphatic carbocycles. The van der Waals surface area contributed by atoms with Crippen LogP contribution < -0.4 is 11.1 Å². The molecule has 0 unspecified atom stereocenters. The normalized spacial score (nSPS) is 12.8. The largest absolute Gasteiger partial charge is 0.814 e. The van der Waals surface area contributed by atoms with Gasteiger partial charge in [-0.15, -0.1) is 0 Å². The Balaban J connectivity index is 1.56. The number of anilines is 1. The Hall–Kier alpha value is -3.31. The summed E-state index contributed by atoms with van der Waals surface area (Å²) in [5, 5.41) is 13.1. The van der Waals surface area contributed by atoms with Gasteiger partial charge < -0.3 is 16.5 Å². The SMILES string of the molecule is C=Cc1ccc(-c2ccc(N)cn2)cc1CC[C@@H](C)CNC[C@H](C=[N-])c1cccnc1. The minimum absolute atomic E-state index is 0.0580. The number of nitrogen functional groups attached to an aromatic ring is 1. The highest BCUT2D eigenvalue weighted by Gasteiger charge is 2.10. The summed E-state index contributed by atoms with van der Waals surface area (Å²) >= 11 is 0. The average molecular weight is 413 g/mol. The lowest BCUT2D eigenvalue weighted by atomic mass is 9.94. The van der Waals surface area contributed by atoms with E-state index in [1.54, 1.807) is 18.6 Å². The standard InChI is InChI=1S/C26H30N5/c1-3-20-8-9-22(26-11-10-25(28)18-31-26)13-21(20)7-6-19(2)15-30-17-24(14-27)23-5-4-12-29-16-23/h3-5,8-14,16,18-19,24,30H,1,6-7,15,17,28H2,2H3/q-1/t19-,24+/m1/s1. The van der Waals surface area contributed by atoms with Crippen LogP contribution in [0.4, 0.5) is 5.69 Å². The Kier molecular flexibility index (Phi) is 8.07. The number of nitrogens with two attached hydrogens (primary N) is 1. The van der Waals surface area contributed by atoms with Crippen LogP contribution in [0.3, 0.4) is 0 Å². The molecule has 2 aromatic heterocycles. The fourth-order valence-corrected chi connectivity index (χ4v) is 3.60. The maximum absolute atomic E-state index is 9.58. The molecular weight excluding hydrogens is 382 g/mol. The van der Waals surface area contributed by atoms with E-state index in [0.29, 0.717) is 18.2 Å². The highest BCUT2D eigenvalue weighted by atomic mass is 14.9. The Bertz CT molecular complexity index is 982. The lowest BCUT2D eigenvalue weighted by Crippen LogP contribution is -2.27. The van der Waals surface area contributed by atoms with Gasteiger partial charge in [0.1, 0.15) is 0 Å². The Labute approximate surface area is 185 Å². The molecule has 3 N–H and O–H groups in total.